The first-order valence-corrected chi connectivity index (χ1v) is 6.70. The van der Waals surface area contributed by atoms with E-state index in [4.69, 9.17) is 4.74 Å². The van der Waals surface area contributed by atoms with Crippen LogP contribution in [0.4, 0.5) is 0 Å². The molecule has 0 unspecified atom stereocenters. The number of carbonyl (C=O) groups excluding carboxylic acids is 1. The quantitative estimate of drug-likeness (QED) is 0.744. The summed E-state index contributed by atoms with van der Waals surface area (Å²) in [7, 11) is 0. The number of hydrogen-bond donors (Lipinski definition) is 1. The normalized spacial score (nSPS) is 19.0. The van der Waals surface area contributed by atoms with Crippen molar-refractivity contribution in [1.82, 2.24) is 15.1 Å². The van der Waals surface area contributed by atoms with Crippen molar-refractivity contribution in [1.29, 1.82) is 0 Å². The highest BCUT2D eigenvalue weighted by Crippen LogP contribution is 2.17. The van der Waals surface area contributed by atoms with Crippen molar-refractivity contribution in [3.8, 4) is 0 Å². The van der Waals surface area contributed by atoms with Gasteiger partial charge in [-0.1, -0.05) is 0 Å². The Kier molecular flexibility index (Phi) is 5.20. The molecule has 0 bridgehead atoms. The summed E-state index contributed by atoms with van der Waals surface area (Å²) in [6.45, 7) is 1.97. The predicted molar refractivity (Wildman–Crippen MR) is 68.1 cm³/mol. The van der Waals surface area contributed by atoms with Gasteiger partial charge in [0.15, 0.2) is 0 Å². The molecule has 5 heteroatoms. The van der Waals surface area contributed by atoms with Gasteiger partial charge in [-0.2, -0.15) is 5.10 Å². The molecule has 1 atom stereocenters. The Hall–Kier alpha value is -1.36. The molecule has 1 aliphatic rings. The summed E-state index contributed by atoms with van der Waals surface area (Å²) in [5.74, 6) is 0.0239. The van der Waals surface area contributed by atoms with E-state index in [1.54, 1.807) is 17.1 Å². The Balaban J connectivity index is 1.48. The zero-order valence-corrected chi connectivity index (χ0v) is 10.7. The second-order valence-corrected chi connectivity index (χ2v) is 4.68. The van der Waals surface area contributed by atoms with Crippen LogP contribution in [0.15, 0.2) is 18.5 Å². The molecule has 18 heavy (non-hydrogen) atoms. The fourth-order valence-electron chi connectivity index (χ4n) is 2.19. The maximum atomic E-state index is 11.5. The Morgan fingerprint density at radius 2 is 2.44 bits per heavy atom. The average molecular weight is 251 g/mol. The second kappa shape index (κ2) is 7.16. The molecule has 0 aromatic carbocycles. The molecule has 0 aliphatic carbocycles. The molecule has 1 saturated heterocycles. The van der Waals surface area contributed by atoms with Gasteiger partial charge >= 0.3 is 0 Å². The lowest BCUT2D eigenvalue weighted by Crippen LogP contribution is -2.28. The smallest absolute Gasteiger partial charge is 0.241 e. The van der Waals surface area contributed by atoms with Crippen LogP contribution in [0, 0.1) is 0 Å². The van der Waals surface area contributed by atoms with E-state index in [0.717, 1.165) is 32.4 Å². The zero-order valence-electron chi connectivity index (χ0n) is 10.7. The van der Waals surface area contributed by atoms with E-state index in [9.17, 15) is 4.79 Å². The Morgan fingerprint density at radius 1 is 1.50 bits per heavy atom. The first-order chi connectivity index (χ1) is 8.84. The van der Waals surface area contributed by atoms with E-state index >= 15 is 0 Å². The van der Waals surface area contributed by atoms with E-state index in [0.29, 0.717) is 12.6 Å². The number of unbranched alkanes of at least 4 members (excludes halogenated alkanes) is 1. The van der Waals surface area contributed by atoms with Gasteiger partial charge in [0.05, 0.1) is 6.10 Å². The molecule has 5 nitrogen and oxygen atoms in total. The summed E-state index contributed by atoms with van der Waals surface area (Å²) in [5, 5.41) is 6.90. The lowest BCUT2D eigenvalue weighted by molar-refractivity contribution is -0.121. The van der Waals surface area contributed by atoms with Gasteiger partial charge in [-0.3, -0.25) is 9.48 Å². The third-order valence-corrected chi connectivity index (χ3v) is 3.16. The number of nitrogens with zero attached hydrogens (tertiary/aromatic N) is 2. The summed E-state index contributed by atoms with van der Waals surface area (Å²) in [4.78, 5) is 11.5. The highest BCUT2D eigenvalue weighted by Gasteiger charge is 2.14. The van der Waals surface area contributed by atoms with Crippen LogP contribution in [-0.4, -0.2) is 34.9 Å². The van der Waals surface area contributed by atoms with Crippen molar-refractivity contribution in [2.24, 2.45) is 0 Å². The minimum absolute atomic E-state index is 0.0239. The van der Waals surface area contributed by atoms with Crippen LogP contribution >= 0.6 is 0 Å². The van der Waals surface area contributed by atoms with Crippen LogP contribution in [0.1, 0.15) is 32.1 Å². The van der Waals surface area contributed by atoms with Crippen LogP contribution in [0.5, 0.6) is 0 Å². The summed E-state index contributed by atoms with van der Waals surface area (Å²) in [6.07, 6.45) is 9.58. The summed E-state index contributed by atoms with van der Waals surface area (Å²) < 4.78 is 7.18. The van der Waals surface area contributed by atoms with Crippen molar-refractivity contribution in [3.05, 3.63) is 18.5 Å². The van der Waals surface area contributed by atoms with Crippen LogP contribution in [-0.2, 0) is 16.1 Å². The molecule has 0 radical (unpaired) electrons. The number of nitrogens with one attached hydrogen (secondary N) is 1. The van der Waals surface area contributed by atoms with E-state index < -0.39 is 0 Å². The number of ether oxygens (including phenoxy) is 1. The third-order valence-electron chi connectivity index (χ3n) is 3.16. The maximum absolute atomic E-state index is 11.5. The van der Waals surface area contributed by atoms with Crippen LogP contribution in [0.3, 0.4) is 0 Å². The van der Waals surface area contributed by atoms with Gasteiger partial charge in [0.25, 0.3) is 0 Å². The molecule has 2 rings (SSSR count). The van der Waals surface area contributed by atoms with Crippen molar-refractivity contribution < 1.29 is 9.53 Å². The van der Waals surface area contributed by atoms with Gasteiger partial charge in [0, 0.05) is 25.5 Å². The largest absolute Gasteiger partial charge is 0.378 e. The topological polar surface area (TPSA) is 56.2 Å². The standard InChI is InChI=1S/C13H21N3O2/c17-13(11-16-9-4-8-15-16)14-7-2-1-5-12-6-3-10-18-12/h4,8-9,12H,1-3,5-7,10-11H2,(H,14,17)/t12-/m1/s1. The molecule has 1 amide bonds. The summed E-state index contributed by atoms with van der Waals surface area (Å²) >= 11 is 0. The highest BCUT2D eigenvalue weighted by atomic mass is 16.5. The highest BCUT2D eigenvalue weighted by molar-refractivity contribution is 5.75. The molecule has 1 fully saturated rings. The second-order valence-electron chi connectivity index (χ2n) is 4.68. The summed E-state index contributed by atoms with van der Waals surface area (Å²) in [6, 6.07) is 1.81. The van der Waals surface area contributed by atoms with E-state index in [1.807, 2.05) is 6.07 Å². The number of aromatic nitrogens is 2. The van der Waals surface area contributed by atoms with Gasteiger partial charge in [-0.05, 0) is 38.2 Å². The molecule has 1 N–H and O–H groups in total. The van der Waals surface area contributed by atoms with Gasteiger partial charge < -0.3 is 10.1 Å². The number of hydrogen-bond acceptors (Lipinski definition) is 3. The van der Waals surface area contributed by atoms with E-state index in [2.05, 4.69) is 10.4 Å². The van der Waals surface area contributed by atoms with Crippen molar-refractivity contribution in [3.63, 3.8) is 0 Å². The first-order valence-electron chi connectivity index (χ1n) is 6.70. The van der Waals surface area contributed by atoms with E-state index in [-0.39, 0.29) is 5.91 Å². The van der Waals surface area contributed by atoms with Crippen molar-refractivity contribution in [2.45, 2.75) is 44.8 Å². The molecular weight excluding hydrogens is 230 g/mol. The Labute approximate surface area is 108 Å². The lowest BCUT2D eigenvalue weighted by Gasteiger charge is -2.09. The summed E-state index contributed by atoms with van der Waals surface area (Å²) in [5.41, 5.74) is 0. The van der Waals surface area contributed by atoms with Crippen molar-refractivity contribution >= 4 is 5.91 Å². The molecule has 2 heterocycles. The molecule has 1 aromatic rings. The molecule has 1 aliphatic heterocycles. The molecule has 100 valence electrons. The first kappa shape index (κ1) is 13.1. The van der Waals surface area contributed by atoms with Gasteiger partial charge in [-0.15, -0.1) is 0 Å². The number of amides is 1. The van der Waals surface area contributed by atoms with Crippen molar-refractivity contribution in [2.75, 3.05) is 13.2 Å². The average Bonchev–Trinajstić information content (AvgIpc) is 3.01. The fourth-order valence-corrected chi connectivity index (χ4v) is 2.19. The van der Waals surface area contributed by atoms with Gasteiger partial charge in [-0.25, -0.2) is 0 Å². The molecule has 1 aromatic heterocycles. The molecular formula is C13H21N3O2. The molecule has 0 spiro atoms. The minimum Gasteiger partial charge on any atom is -0.378 e. The Bertz CT molecular complexity index is 345. The van der Waals surface area contributed by atoms with Crippen LogP contribution < -0.4 is 5.32 Å². The fraction of sp³-hybridized carbons (Fsp3) is 0.692. The zero-order chi connectivity index (χ0) is 12.6. The predicted octanol–water partition coefficient (Wildman–Crippen LogP) is 1.35. The lowest BCUT2D eigenvalue weighted by atomic mass is 10.1. The molecule has 0 saturated carbocycles. The van der Waals surface area contributed by atoms with Crippen LogP contribution in [0.25, 0.3) is 0 Å². The monoisotopic (exact) mass is 251 g/mol. The van der Waals surface area contributed by atoms with E-state index in [1.165, 1.54) is 12.8 Å². The number of rotatable bonds is 7. The van der Waals surface area contributed by atoms with Crippen LogP contribution in [0.2, 0.25) is 0 Å². The van der Waals surface area contributed by atoms with Gasteiger partial charge in [0.1, 0.15) is 6.54 Å². The number of carbonyl (C=O) groups is 1. The van der Waals surface area contributed by atoms with Gasteiger partial charge in [0.2, 0.25) is 5.91 Å². The maximum Gasteiger partial charge on any atom is 0.241 e. The Morgan fingerprint density at radius 3 is 3.17 bits per heavy atom. The third kappa shape index (κ3) is 4.49. The minimum atomic E-state index is 0.0239. The SMILES string of the molecule is O=C(Cn1cccn1)NCCCC[C@@H]1CCCO1.